The van der Waals surface area contributed by atoms with E-state index in [0.717, 1.165) is 11.5 Å². The van der Waals surface area contributed by atoms with Crippen molar-refractivity contribution in [1.29, 1.82) is 0 Å². The van der Waals surface area contributed by atoms with Crippen molar-refractivity contribution in [3.05, 3.63) is 23.8 Å². The van der Waals surface area contributed by atoms with Gasteiger partial charge in [-0.1, -0.05) is 27.7 Å². The average molecular weight is 164 g/mol. The van der Waals surface area contributed by atoms with Gasteiger partial charge in [-0.3, -0.25) is 0 Å². The molecule has 2 nitrogen and oxygen atoms in total. The van der Waals surface area contributed by atoms with Crippen molar-refractivity contribution in [3.8, 4) is 0 Å². The molecule has 0 saturated heterocycles. The fourth-order valence-electron chi connectivity index (χ4n) is 0.988. The largest absolute Gasteiger partial charge is 0.241 e. The summed E-state index contributed by atoms with van der Waals surface area (Å²) < 4.78 is 0. The first-order chi connectivity index (χ1) is 5.61. The summed E-state index contributed by atoms with van der Waals surface area (Å²) in [6.45, 7) is 8.51. The molecule has 0 atom stereocenters. The van der Waals surface area contributed by atoms with Gasteiger partial charge in [0.25, 0.3) is 0 Å². The van der Waals surface area contributed by atoms with E-state index in [2.05, 4.69) is 37.7 Å². The molecule has 1 heterocycles. The normalized spacial score (nSPS) is 11.2. The SMILES string of the molecule is CC(C)c1ccnc(C(C)C)n1. The Morgan fingerprint density at radius 1 is 1.08 bits per heavy atom. The van der Waals surface area contributed by atoms with Gasteiger partial charge < -0.3 is 0 Å². The molecule has 66 valence electrons. The summed E-state index contributed by atoms with van der Waals surface area (Å²) >= 11 is 0. The van der Waals surface area contributed by atoms with Gasteiger partial charge >= 0.3 is 0 Å². The van der Waals surface area contributed by atoms with Gasteiger partial charge in [-0.15, -0.1) is 0 Å². The Bertz CT molecular complexity index is 231. The van der Waals surface area contributed by atoms with E-state index in [1.807, 2.05) is 12.3 Å². The van der Waals surface area contributed by atoms with Gasteiger partial charge in [0.2, 0.25) is 0 Å². The molecule has 1 rings (SSSR count). The topological polar surface area (TPSA) is 25.8 Å². The standard InChI is InChI=1S/C10H16N2/c1-7(2)9-5-6-11-10(12-9)8(3)4/h5-8H,1-4H3. The first-order valence-electron chi connectivity index (χ1n) is 4.44. The molecule has 0 radical (unpaired) electrons. The quantitative estimate of drug-likeness (QED) is 0.671. The lowest BCUT2D eigenvalue weighted by atomic mass is 10.1. The number of hydrogen-bond donors (Lipinski definition) is 0. The van der Waals surface area contributed by atoms with E-state index >= 15 is 0 Å². The molecule has 2 heteroatoms. The zero-order valence-electron chi connectivity index (χ0n) is 8.20. The van der Waals surface area contributed by atoms with Crippen LogP contribution in [0, 0.1) is 0 Å². The summed E-state index contributed by atoms with van der Waals surface area (Å²) in [7, 11) is 0. The summed E-state index contributed by atoms with van der Waals surface area (Å²) in [5.74, 6) is 1.86. The van der Waals surface area contributed by atoms with E-state index in [4.69, 9.17) is 0 Å². The van der Waals surface area contributed by atoms with Crippen LogP contribution in [0.2, 0.25) is 0 Å². The number of hydrogen-bond acceptors (Lipinski definition) is 2. The number of aromatic nitrogens is 2. The summed E-state index contributed by atoms with van der Waals surface area (Å²) in [5, 5.41) is 0. The minimum Gasteiger partial charge on any atom is -0.241 e. The van der Waals surface area contributed by atoms with Gasteiger partial charge in [0.05, 0.1) is 0 Å². The molecule has 0 saturated carbocycles. The molecule has 0 bridgehead atoms. The van der Waals surface area contributed by atoms with E-state index in [9.17, 15) is 0 Å². The third-order valence-corrected chi connectivity index (χ3v) is 1.80. The molecule has 0 aliphatic carbocycles. The van der Waals surface area contributed by atoms with Crippen LogP contribution in [-0.4, -0.2) is 9.97 Å². The summed E-state index contributed by atoms with van der Waals surface area (Å²) in [6, 6.07) is 1.98. The van der Waals surface area contributed by atoms with Crippen molar-refractivity contribution in [2.24, 2.45) is 0 Å². The lowest BCUT2D eigenvalue weighted by Crippen LogP contribution is -2.01. The van der Waals surface area contributed by atoms with Crippen LogP contribution in [0.3, 0.4) is 0 Å². The zero-order chi connectivity index (χ0) is 9.14. The molecule has 12 heavy (non-hydrogen) atoms. The Hall–Kier alpha value is -0.920. The van der Waals surface area contributed by atoms with Crippen LogP contribution in [0.1, 0.15) is 51.0 Å². The third-order valence-electron chi connectivity index (χ3n) is 1.80. The van der Waals surface area contributed by atoms with E-state index < -0.39 is 0 Å². The molecule has 1 aromatic rings. The molecule has 0 spiro atoms. The molecule has 0 fully saturated rings. The highest BCUT2D eigenvalue weighted by atomic mass is 14.9. The van der Waals surface area contributed by atoms with Crippen LogP contribution < -0.4 is 0 Å². The molecule has 0 N–H and O–H groups in total. The van der Waals surface area contributed by atoms with Crippen molar-refractivity contribution in [2.45, 2.75) is 39.5 Å². The Morgan fingerprint density at radius 3 is 2.25 bits per heavy atom. The smallest absolute Gasteiger partial charge is 0.131 e. The second kappa shape index (κ2) is 3.65. The first-order valence-corrected chi connectivity index (χ1v) is 4.44. The van der Waals surface area contributed by atoms with Crippen molar-refractivity contribution < 1.29 is 0 Å². The van der Waals surface area contributed by atoms with Crippen LogP contribution in [-0.2, 0) is 0 Å². The van der Waals surface area contributed by atoms with Crippen LogP contribution >= 0.6 is 0 Å². The summed E-state index contributed by atoms with van der Waals surface area (Å²) in [5.41, 5.74) is 1.13. The highest BCUT2D eigenvalue weighted by Crippen LogP contribution is 2.13. The van der Waals surface area contributed by atoms with Crippen LogP contribution in [0.4, 0.5) is 0 Å². The van der Waals surface area contributed by atoms with Crippen LogP contribution in [0.15, 0.2) is 12.3 Å². The Morgan fingerprint density at radius 2 is 1.75 bits per heavy atom. The van der Waals surface area contributed by atoms with Crippen molar-refractivity contribution in [3.63, 3.8) is 0 Å². The Balaban J connectivity index is 2.96. The minimum atomic E-state index is 0.420. The van der Waals surface area contributed by atoms with E-state index in [-0.39, 0.29) is 0 Å². The van der Waals surface area contributed by atoms with Crippen molar-refractivity contribution >= 4 is 0 Å². The average Bonchev–Trinajstić information content (AvgIpc) is 2.04. The second-order valence-electron chi connectivity index (χ2n) is 3.65. The fourth-order valence-corrected chi connectivity index (χ4v) is 0.988. The predicted octanol–water partition coefficient (Wildman–Crippen LogP) is 2.72. The van der Waals surface area contributed by atoms with Crippen LogP contribution in [0.5, 0.6) is 0 Å². The van der Waals surface area contributed by atoms with Gasteiger partial charge in [0, 0.05) is 17.8 Å². The minimum absolute atomic E-state index is 0.420. The molecular formula is C10H16N2. The molecule has 0 aliphatic rings. The lowest BCUT2D eigenvalue weighted by molar-refractivity contribution is 0.729. The van der Waals surface area contributed by atoms with Crippen molar-refractivity contribution in [1.82, 2.24) is 9.97 Å². The van der Waals surface area contributed by atoms with Gasteiger partial charge in [0.15, 0.2) is 0 Å². The summed E-state index contributed by atoms with van der Waals surface area (Å²) in [4.78, 5) is 8.67. The zero-order valence-corrected chi connectivity index (χ0v) is 8.20. The highest BCUT2D eigenvalue weighted by Gasteiger charge is 2.05. The lowest BCUT2D eigenvalue weighted by Gasteiger charge is -2.07. The molecule has 0 unspecified atom stereocenters. The number of nitrogens with zero attached hydrogens (tertiary/aromatic N) is 2. The monoisotopic (exact) mass is 164 g/mol. The molecular weight excluding hydrogens is 148 g/mol. The second-order valence-corrected chi connectivity index (χ2v) is 3.65. The Labute approximate surface area is 74.1 Å². The fraction of sp³-hybridized carbons (Fsp3) is 0.600. The highest BCUT2D eigenvalue weighted by molar-refractivity contribution is 5.07. The molecule has 1 aromatic heterocycles. The summed E-state index contributed by atoms with van der Waals surface area (Å²) in [6.07, 6.45) is 1.84. The van der Waals surface area contributed by atoms with Gasteiger partial charge in [-0.05, 0) is 12.0 Å². The van der Waals surface area contributed by atoms with Gasteiger partial charge in [-0.2, -0.15) is 0 Å². The molecule has 0 amide bonds. The van der Waals surface area contributed by atoms with E-state index in [1.54, 1.807) is 0 Å². The third kappa shape index (κ3) is 2.03. The first kappa shape index (κ1) is 9.17. The maximum atomic E-state index is 4.46. The predicted molar refractivity (Wildman–Crippen MR) is 50.2 cm³/mol. The van der Waals surface area contributed by atoms with Crippen LogP contribution in [0.25, 0.3) is 0 Å². The van der Waals surface area contributed by atoms with Gasteiger partial charge in [0.1, 0.15) is 5.82 Å². The van der Waals surface area contributed by atoms with Gasteiger partial charge in [-0.25, -0.2) is 9.97 Å². The molecule has 0 aliphatic heterocycles. The maximum absolute atomic E-state index is 4.46. The van der Waals surface area contributed by atoms with E-state index in [1.165, 1.54) is 0 Å². The van der Waals surface area contributed by atoms with E-state index in [0.29, 0.717) is 11.8 Å². The maximum Gasteiger partial charge on any atom is 0.131 e. The van der Waals surface area contributed by atoms with Crippen molar-refractivity contribution in [2.75, 3.05) is 0 Å². The molecule has 0 aromatic carbocycles. The Kier molecular flexibility index (Phi) is 2.79. The number of rotatable bonds is 2.